The lowest BCUT2D eigenvalue weighted by Crippen LogP contribution is -2.30. The van der Waals surface area contributed by atoms with Gasteiger partial charge in [-0.15, -0.1) is 0 Å². The molecule has 1 rings (SSSR count). The highest BCUT2D eigenvalue weighted by atomic mass is 35.5. The molecule has 0 spiro atoms. The molecule has 0 aromatic rings. The van der Waals surface area contributed by atoms with Gasteiger partial charge in [-0.1, -0.05) is 13.8 Å². The molecule has 66 valence electrons. The van der Waals surface area contributed by atoms with Gasteiger partial charge in [0.1, 0.15) is 13.2 Å². The van der Waals surface area contributed by atoms with E-state index in [0.717, 1.165) is 26.3 Å². The number of ether oxygens (including phenoxy) is 1. The maximum absolute atomic E-state index is 5.51. The van der Waals surface area contributed by atoms with Crippen molar-refractivity contribution in [1.82, 2.24) is 0 Å². The monoisotopic (exact) mass is 198 g/mol. The molecule has 0 aromatic heterocycles. The zero-order valence-corrected chi connectivity index (χ0v) is 8.45. The van der Waals surface area contributed by atoms with Crippen molar-refractivity contribution in [2.75, 3.05) is 26.3 Å². The van der Waals surface area contributed by atoms with Crippen molar-refractivity contribution in [3.8, 4) is 0 Å². The predicted octanol–water partition coefficient (Wildman–Crippen LogP) is 1.89. The van der Waals surface area contributed by atoms with Crippen LogP contribution in [0.2, 0.25) is 0 Å². The number of hydrogen-bond acceptors (Lipinski definition) is 1. The average Bonchev–Trinajstić information content (AvgIpc) is 2.10. The molecule has 0 bridgehead atoms. The van der Waals surface area contributed by atoms with Crippen LogP contribution in [0.3, 0.4) is 0 Å². The summed E-state index contributed by atoms with van der Waals surface area (Å²) in [5.74, 6) is 0. The topological polar surface area (TPSA) is 12.2 Å². The molecule has 1 aliphatic heterocycles. The Kier molecular flexibility index (Phi) is 7.02. The second-order valence-corrected chi connectivity index (χ2v) is 2.75. The molecule has 0 amide bonds. The lowest BCUT2D eigenvalue weighted by atomic mass is 10.5. The van der Waals surface area contributed by atoms with Crippen LogP contribution in [0.25, 0.3) is 0 Å². The van der Waals surface area contributed by atoms with Crippen LogP contribution in [0.1, 0.15) is 13.8 Å². The van der Waals surface area contributed by atoms with E-state index >= 15 is 0 Å². The van der Waals surface area contributed by atoms with Crippen LogP contribution in [0, 0.1) is 0 Å². The van der Waals surface area contributed by atoms with E-state index in [4.69, 9.17) is 27.9 Å². The molecule has 0 N–H and O–H groups in total. The van der Waals surface area contributed by atoms with Gasteiger partial charge >= 0.3 is 4.63 Å². The molecule has 4 heteroatoms. The van der Waals surface area contributed by atoms with E-state index in [1.165, 1.54) is 0 Å². The van der Waals surface area contributed by atoms with E-state index < -0.39 is 0 Å². The molecule has 0 radical (unpaired) electrons. The summed E-state index contributed by atoms with van der Waals surface area (Å²) in [6.07, 6.45) is 0. The van der Waals surface area contributed by atoms with Gasteiger partial charge in [0.2, 0.25) is 0 Å². The number of halogens is 2. The number of nitrogens with zero attached hydrogens (tertiary/aromatic N) is 1. The molecule has 0 atom stereocenters. The first-order chi connectivity index (χ1) is 5.30. The molecule has 2 nitrogen and oxygen atoms in total. The summed E-state index contributed by atoms with van der Waals surface area (Å²) < 4.78 is 7.30. The molecule has 0 unspecified atom stereocenters. The summed E-state index contributed by atoms with van der Waals surface area (Å²) in [5.41, 5.74) is 0. The molecule has 1 saturated heterocycles. The smallest absolute Gasteiger partial charge is 0.341 e. The van der Waals surface area contributed by atoms with E-state index in [-0.39, 0.29) is 0 Å². The molecule has 0 aliphatic carbocycles. The highest BCUT2D eigenvalue weighted by molar-refractivity contribution is 6.94. The first-order valence-electron chi connectivity index (χ1n) is 3.81. The van der Waals surface area contributed by atoms with Crippen LogP contribution in [-0.4, -0.2) is 35.5 Å². The lowest BCUT2D eigenvalue weighted by Gasteiger charge is -2.09. The summed E-state index contributed by atoms with van der Waals surface area (Å²) in [6, 6.07) is 0. The molecule has 1 aliphatic rings. The number of rotatable bonds is 0. The Bertz CT molecular complexity index is 124. The first kappa shape index (κ1) is 11.2. The molecule has 1 heterocycles. The fraction of sp³-hybridized carbons (Fsp3) is 0.857. The van der Waals surface area contributed by atoms with Crippen LogP contribution in [0.15, 0.2) is 0 Å². The fourth-order valence-electron chi connectivity index (χ4n) is 0.732. The Balaban J connectivity index is 0.000000461. The normalized spacial score (nSPS) is 16.9. The molecule has 0 aromatic carbocycles. The third kappa shape index (κ3) is 4.62. The largest absolute Gasteiger partial charge is 0.368 e. The molecular weight excluding hydrogens is 185 g/mol. The van der Waals surface area contributed by atoms with E-state index in [1.807, 2.05) is 18.4 Å². The summed E-state index contributed by atoms with van der Waals surface area (Å²) in [5, 5.41) is 0. The van der Waals surface area contributed by atoms with E-state index in [2.05, 4.69) is 0 Å². The van der Waals surface area contributed by atoms with Gasteiger partial charge in [0.25, 0.3) is 0 Å². The standard InChI is InChI=1S/C5H8Cl2NO.C2H6/c6-5(7)8-1-3-9-4-2-8;1-2/h1-4H2;1-2H3/q+1;. The summed E-state index contributed by atoms with van der Waals surface area (Å²) in [7, 11) is 0. The second-order valence-electron chi connectivity index (χ2n) is 1.84. The van der Waals surface area contributed by atoms with Crippen molar-refractivity contribution >= 4 is 27.8 Å². The Morgan fingerprint density at radius 2 is 1.64 bits per heavy atom. The fourth-order valence-corrected chi connectivity index (χ4v) is 1.07. The van der Waals surface area contributed by atoms with Gasteiger partial charge in [0.15, 0.2) is 13.1 Å². The molecular formula is C7H14Cl2NO+. The zero-order valence-electron chi connectivity index (χ0n) is 6.94. The second kappa shape index (κ2) is 6.89. The zero-order chi connectivity index (χ0) is 8.69. The van der Waals surface area contributed by atoms with Crippen LogP contribution >= 0.6 is 23.2 Å². The number of hydrogen-bond donors (Lipinski definition) is 0. The third-order valence-corrected chi connectivity index (χ3v) is 1.73. The van der Waals surface area contributed by atoms with Crippen LogP contribution < -0.4 is 0 Å². The minimum Gasteiger partial charge on any atom is -0.368 e. The van der Waals surface area contributed by atoms with E-state index in [9.17, 15) is 0 Å². The Morgan fingerprint density at radius 3 is 1.91 bits per heavy atom. The minimum absolute atomic E-state index is 0.346. The highest BCUT2D eigenvalue weighted by Gasteiger charge is 2.14. The number of morpholine rings is 1. The van der Waals surface area contributed by atoms with E-state index in [0.29, 0.717) is 4.63 Å². The quantitative estimate of drug-likeness (QED) is 0.542. The molecule has 11 heavy (non-hydrogen) atoms. The first-order valence-corrected chi connectivity index (χ1v) is 4.57. The van der Waals surface area contributed by atoms with Crippen molar-refractivity contribution in [2.24, 2.45) is 0 Å². The minimum atomic E-state index is 0.346. The van der Waals surface area contributed by atoms with Gasteiger partial charge in [-0.25, -0.2) is 4.58 Å². The van der Waals surface area contributed by atoms with Gasteiger partial charge in [-0.05, 0) is 0 Å². The maximum Gasteiger partial charge on any atom is 0.341 e. The Hall–Kier alpha value is 0.210. The lowest BCUT2D eigenvalue weighted by molar-refractivity contribution is -0.545. The summed E-state index contributed by atoms with van der Waals surface area (Å²) >= 11 is 11.0. The van der Waals surface area contributed by atoms with Gasteiger partial charge < -0.3 is 4.74 Å². The predicted molar refractivity (Wildman–Crippen MR) is 48.9 cm³/mol. The van der Waals surface area contributed by atoms with Crippen molar-refractivity contribution in [3.05, 3.63) is 0 Å². The molecule has 0 saturated carbocycles. The summed E-state index contributed by atoms with van der Waals surface area (Å²) in [4.78, 5) is 0. The highest BCUT2D eigenvalue weighted by Crippen LogP contribution is 1.96. The van der Waals surface area contributed by atoms with Gasteiger partial charge in [0.05, 0.1) is 0 Å². The Morgan fingerprint density at radius 1 is 1.18 bits per heavy atom. The van der Waals surface area contributed by atoms with Crippen LogP contribution in [-0.2, 0) is 4.74 Å². The average molecular weight is 199 g/mol. The van der Waals surface area contributed by atoms with Gasteiger partial charge in [-0.3, -0.25) is 0 Å². The summed E-state index contributed by atoms with van der Waals surface area (Å²) in [6.45, 7) is 7.07. The van der Waals surface area contributed by atoms with Crippen molar-refractivity contribution in [3.63, 3.8) is 0 Å². The van der Waals surface area contributed by atoms with Crippen LogP contribution in [0.5, 0.6) is 0 Å². The van der Waals surface area contributed by atoms with Crippen molar-refractivity contribution < 1.29 is 9.31 Å². The van der Waals surface area contributed by atoms with Crippen molar-refractivity contribution in [1.29, 1.82) is 0 Å². The maximum atomic E-state index is 5.51. The van der Waals surface area contributed by atoms with Crippen LogP contribution in [0.4, 0.5) is 0 Å². The van der Waals surface area contributed by atoms with E-state index in [1.54, 1.807) is 0 Å². The third-order valence-electron chi connectivity index (χ3n) is 1.25. The Labute approximate surface area is 77.8 Å². The SMILES string of the molecule is CC.ClC(Cl)=[N+]1CCOCC1. The van der Waals surface area contributed by atoms with Gasteiger partial charge in [-0.2, -0.15) is 0 Å². The van der Waals surface area contributed by atoms with Gasteiger partial charge in [0, 0.05) is 23.2 Å². The van der Waals surface area contributed by atoms with Crippen molar-refractivity contribution in [2.45, 2.75) is 13.8 Å². The molecule has 1 fully saturated rings.